The molecule has 5 aliphatic rings. The van der Waals surface area contributed by atoms with Crippen molar-refractivity contribution in [3.05, 3.63) is 35.5 Å². The maximum atomic E-state index is 17.2. The van der Waals surface area contributed by atoms with Gasteiger partial charge in [0.1, 0.15) is 12.7 Å². The smallest absolute Gasteiger partial charge is 0.193 e. The fourth-order valence-electron chi connectivity index (χ4n) is 7.25. The predicted octanol–water partition coefficient (Wildman–Crippen LogP) is 1.31. The molecule has 32 heavy (non-hydrogen) atoms. The monoisotopic (exact) mass is 448 g/mol. The molecule has 0 amide bonds. The van der Waals surface area contributed by atoms with E-state index in [1.165, 1.54) is 18.2 Å². The molecule has 1 unspecified atom stereocenters. The minimum absolute atomic E-state index is 0.0585. The van der Waals surface area contributed by atoms with Crippen molar-refractivity contribution in [2.24, 2.45) is 16.7 Å². The molecule has 0 aromatic heterocycles. The van der Waals surface area contributed by atoms with Crippen LogP contribution in [0.2, 0.25) is 0 Å². The number of fused-ring (bicyclic) bond motifs is 7. The number of alkyl halides is 1. The maximum absolute atomic E-state index is 17.2. The van der Waals surface area contributed by atoms with Crippen LogP contribution in [-0.2, 0) is 19.1 Å². The standard InChI is InChI=1S/C24H29FO7/c1-20(2)31-19-9-13-14-8-16(28)15-7-12(27)5-6-21(15,3)23(14,25)17(29)10-22(13,4)24(19,32-20)18(30)11-26/h5-7,9,14,16-17,19,26,28-29H,8,10-11H2,1-4H3/t14?,16-,17-,19+,21-,22-,23-,24+/m0/s1. The fraction of sp³-hybridized carbons (Fsp3) is 0.667. The number of hydrogen-bond acceptors (Lipinski definition) is 7. The Balaban J connectivity index is 1.70. The number of aliphatic hydroxyl groups excluding tert-OH is 3. The van der Waals surface area contributed by atoms with Crippen molar-refractivity contribution in [1.29, 1.82) is 0 Å². The van der Waals surface area contributed by atoms with Crippen molar-refractivity contribution in [3.8, 4) is 0 Å². The summed E-state index contributed by atoms with van der Waals surface area (Å²) in [5.41, 5.74) is -5.60. The largest absolute Gasteiger partial charge is 0.390 e. The molecular weight excluding hydrogens is 419 g/mol. The Labute approximate surface area is 185 Å². The lowest BCUT2D eigenvalue weighted by molar-refractivity contribution is -0.214. The number of hydrogen-bond donors (Lipinski definition) is 3. The van der Waals surface area contributed by atoms with E-state index in [0.29, 0.717) is 5.57 Å². The third-order valence-corrected chi connectivity index (χ3v) is 8.63. The Hall–Kier alpha value is -1.71. The second kappa shape index (κ2) is 6.24. The van der Waals surface area contributed by atoms with Crippen LogP contribution >= 0.6 is 0 Å². The molecular formula is C24H29FO7. The Morgan fingerprint density at radius 3 is 2.56 bits per heavy atom. The number of Topliss-reactive ketones (excluding diaryl/α,β-unsaturated/α-hetero) is 1. The highest BCUT2D eigenvalue weighted by Gasteiger charge is 2.77. The third-order valence-electron chi connectivity index (χ3n) is 8.63. The van der Waals surface area contributed by atoms with Crippen molar-refractivity contribution >= 4 is 11.6 Å². The van der Waals surface area contributed by atoms with Gasteiger partial charge >= 0.3 is 0 Å². The van der Waals surface area contributed by atoms with Gasteiger partial charge in [0.25, 0.3) is 0 Å². The van der Waals surface area contributed by atoms with E-state index in [0.717, 1.165) is 0 Å². The molecule has 0 radical (unpaired) electrons. The first-order valence-corrected chi connectivity index (χ1v) is 11.0. The van der Waals surface area contributed by atoms with Crippen LogP contribution < -0.4 is 0 Å². The normalized spacial score (nSPS) is 50.7. The number of allylic oxidation sites excluding steroid dienone is 3. The van der Waals surface area contributed by atoms with E-state index < -0.39 is 64.5 Å². The summed E-state index contributed by atoms with van der Waals surface area (Å²) in [7, 11) is 0. The number of ether oxygens (including phenoxy) is 2. The zero-order chi connectivity index (χ0) is 23.5. The minimum Gasteiger partial charge on any atom is -0.390 e. The molecule has 0 aromatic carbocycles. The molecule has 3 fully saturated rings. The molecule has 2 saturated carbocycles. The molecule has 8 atom stereocenters. The quantitative estimate of drug-likeness (QED) is 0.546. The van der Waals surface area contributed by atoms with Crippen LogP contribution in [0.3, 0.4) is 0 Å². The van der Waals surface area contributed by atoms with Gasteiger partial charge in [-0.1, -0.05) is 24.6 Å². The van der Waals surface area contributed by atoms with E-state index >= 15 is 4.39 Å². The Morgan fingerprint density at radius 1 is 1.22 bits per heavy atom. The number of carbonyl (C=O) groups is 2. The molecule has 1 aliphatic heterocycles. The van der Waals surface area contributed by atoms with E-state index in [9.17, 15) is 24.9 Å². The van der Waals surface area contributed by atoms with Gasteiger partial charge in [-0.15, -0.1) is 0 Å². The summed E-state index contributed by atoms with van der Waals surface area (Å²) in [6.45, 7) is 5.87. The molecule has 0 spiro atoms. The summed E-state index contributed by atoms with van der Waals surface area (Å²) in [4.78, 5) is 25.1. The zero-order valence-electron chi connectivity index (χ0n) is 18.6. The van der Waals surface area contributed by atoms with Crippen molar-refractivity contribution in [1.82, 2.24) is 0 Å². The van der Waals surface area contributed by atoms with Crippen molar-refractivity contribution in [2.75, 3.05) is 6.61 Å². The SMILES string of the molecule is CC1(C)O[C@@H]2C=C3C4C[C@H](O)C5=CC(=O)C=C[C@]5(C)[C@@]4(F)[C@@H](O)C[C@]3(C)[C@]2(C(=O)CO)O1. The number of rotatable bonds is 2. The number of carbonyl (C=O) groups excluding carboxylic acids is 2. The van der Waals surface area contributed by atoms with E-state index in [1.807, 2.05) is 0 Å². The molecule has 7 nitrogen and oxygen atoms in total. The van der Waals surface area contributed by atoms with Gasteiger partial charge in [0.15, 0.2) is 28.6 Å². The zero-order valence-corrected chi connectivity index (χ0v) is 18.6. The lowest BCUT2D eigenvalue weighted by Gasteiger charge is -2.62. The summed E-state index contributed by atoms with van der Waals surface area (Å²) >= 11 is 0. The lowest BCUT2D eigenvalue weighted by atomic mass is 9.45. The highest BCUT2D eigenvalue weighted by atomic mass is 19.1. The van der Waals surface area contributed by atoms with Gasteiger partial charge in [-0.05, 0) is 51.3 Å². The van der Waals surface area contributed by atoms with Crippen LogP contribution in [0.1, 0.15) is 40.5 Å². The second-order valence-corrected chi connectivity index (χ2v) is 10.6. The summed E-state index contributed by atoms with van der Waals surface area (Å²) < 4.78 is 29.3. The average Bonchev–Trinajstić information content (AvgIpc) is 3.11. The van der Waals surface area contributed by atoms with E-state index in [4.69, 9.17) is 9.47 Å². The van der Waals surface area contributed by atoms with Crippen molar-refractivity contribution < 1.29 is 38.8 Å². The predicted molar refractivity (Wildman–Crippen MR) is 110 cm³/mol. The summed E-state index contributed by atoms with van der Waals surface area (Å²) in [6, 6.07) is 0. The number of ketones is 2. The second-order valence-electron chi connectivity index (χ2n) is 10.6. The van der Waals surface area contributed by atoms with Gasteiger partial charge in [0.05, 0.1) is 12.2 Å². The van der Waals surface area contributed by atoms with Gasteiger partial charge in [-0.25, -0.2) is 4.39 Å². The van der Waals surface area contributed by atoms with Crippen molar-refractivity contribution in [2.45, 2.75) is 75.9 Å². The van der Waals surface area contributed by atoms with Crippen molar-refractivity contribution in [3.63, 3.8) is 0 Å². The van der Waals surface area contributed by atoms with Crippen LogP contribution in [0.15, 0.2) is 35.5 Å². The van der Waals surface area contributed by atoms with Crippen LogP contribution in [0.4, 0.5) is 4.39 Å². The first-order valence-electron chi connectivity index (χ1n) is 11.0. The molecule has 0 aromatic rings. The Morgan fingerprint density at radius 2 is 1.91 bits per heavy atom. The van der Waals surface area contributed by atoms with E-state index in [2.05, 4.69) is 0 Å². The summed E-state index contributed by atoms with van der Waals surface area (Å²) in [5.74, 6) is -2.99. The number of halogens is 1. The highest BCUT2D eigenvalue weighted by molar-refractivity contribution is 6.01. The van der Waals surface area contributed by atoms with Gasteiger partial charge in [-0.2, -0.15) is 0 Å². The van der Waals surface area contributed by atoms with Crippen LogP contribution in [0.5, 0.6) is 0 Å². The van der Waals surface area contributed by atoms with Gasteiger partial charge < -0.3 is 24.8 Å². The molecule has 3 N–H and O–H groups in total. The first kappa shape index (κ1) is 22.1. The molecule has 1 heterocycles. The van der Waals surface area contributed by atoms with Gasteiger partial charge in [0.2, 0.25) is 0 Å². The Kier molecular flexibility index (Phi) is 4.31. The molecule has 4 aliphatic carbocycles. The first-order chi connectivity index (χ1) is 14.8. The van der Waals surface area contributed by atoms with Crippen LogP contribution in [0.25, 0.3) is 0 Å². The topological polar surface area (TPSA) is 113 Å². The summed E-state index contributed by atoms with van der Waals surface area (Å²) in [5, 5.41) is 32.1. The van der Waals surface area contributed by atoms with E-state index in [1.54, 1.807) is 33.8 Å². The molecule has 5 rings (SSSR count). The van der Waals surface area contributed by atoms with Gasteiger partial charge in [-0.3, -0.25) is 9.59 Å². The lowest BCUT2D eigenvalue weighted by Crippen LogP contribution is -2.70. The van der Waals surface area contributed by atoms with Crippen LogP contribution in [-0.4, -0.2) is 68.9 Å². The Bertz CT molecular complexity index is 1010. The van der Waals surface area contributed by atoms with Crippen LogP contribution in [0, 0.1) is 16.7 Å². The molecule has 174 valence electrons. The average molecular weight is 448 g/mol. The third kappa shape index (κ3) is 2.27. The maximum Gasteiger partial charge on any atom is 0.193 e. The highest BCUT2D eigenvalue weighted by Crippen LogP contribution is 2.70. The van der Waals surface area contributed by atoms with Gasteiger partial charge in [0, 0.05) is 16.7 Å². The minimum atomic E-state index is -2.22. The fourth-order valence-corrected chi connectivity index (χ4v) is 7.25. The number of aliphatic hydroxyl groups is 3. The molecule has 8 heteroatoms. The van der Waals surface area contributed by atoms with E-state index in [-0.39, 0.29) is 24.2 Å². The summed E-state index contributed by atoms with van der Waals surface area (Å²) in [6.07, 6.45) is 1.96. The molecule has 0 bridgehead atoms. The molecule has 1 saturated heterocycles.